The van der Waals surface area contributed by atoms with Crippen molar-refractivity contribution in [3.63, 3.8) is 0 Å². The molecule has 0 aliphatic rings. The van der Waals surface area contributed by atoms with E-state index in [2.05, 4.69) is 0 Å². The molecule has 88 valence electrons. The van der Waals surface area contributed by atoms with Gasteiger partial charge in [-0.3, -0.25) is 4.79 Å². The molecule has 2 aromatic rings. The van der Waals surface area contributed by atoms with E-state index in [1.165, 1.54) is 16.2 Å². The van der Waals surface area contributed by atoms with Crippen molar-refractivity contribution in [2.75, 3.05) is 0 Å². The van der Waals surface area contributed by atoms with Gasteiger partial charge in [0.05, 0.1) is 11.6 Å². The Morgan fingerprint density at radius 3 is 2.47 bits per heavy atom. The fourth-order valence-corrected chi connectivity index (χ4v) is 2.08. The number of pyridine rings is 1. The van der Waals surface area contributed by atoms with E-state index in [-0.39, 0.29) is 10.6 Å². The van der Waals surface area contributed by atoms with Crippen LogP contribution in [-0.4, -0.2) is 4.57 Å². The lowest BCUT2D eigenvalue weighted by Gasteiger charge is -2.07. The first-order valence-electron chi connectivity index (χ1n) is 5.17. The molecule has 0 spiro atoms. The van der Waals surface area contributed by atoms with Gasteiger partial charge in [0.1, 0.15) is 5.02 Å². The lowest BCUT2D eigenvalue weighted by Crippen LogP contribution is -2.20. The molecule has 0 atom stereocenters. The number of rotatable bonds is 2. The number of aryl methyl sites for hydroxylation is 1. The zero-order valence-corrected chi connectivity index (χ0v) is 10.8. The molecule has 0 saturated heterocycles. The van der Waals surface area contributed by atoms with Gasteiger partial charge >= 0.3 is 0 Å². The summed E-state index contributed by atoms with van der Waals surface area (Å²) < 4.78 is 1.51. The van der Waals surface area contributed by atoms with Crippen LogP contribution in [0.5, 0.6) is 0 Å². The number of nitrogens with zero attached hydrogens (tertiary/aromatic N) is 1. The van der Waals surface area contributed by atoms with Crippen molar-refractivity contribution in [2.45, 2.75) is 13.5 Å². The highest BCUT2D eigenvalue weighted by molar-refractivity contribution is 6.34. The second-order valence-corrected chi connectivity index (χ2v) is 4.77. The Hall–Kier alpha value is -1.25. The second kappa shape index (κ2) is 4.94. The van der Waals surface area contributed by atoms with Gasteiger partial charge in [-0.1, -0.05) is 53.0 Å². The molecule has 0 radical (unpaired) electrons. The van der Waals surface area contributed by atoms with Crippen molar-refractivity contribution in [3.8, 4) is 0 Å². The van der Waals surface area contributed by atoms with Gasteiger partial charge in [-0.2, -0.15) is 0 Å². The number of hydrogen-bond acceptors (Lipinski definition) is 1. The minimum absolute atomic E-state index is 0.143. The van der Waals surface area contributed by atoms with E-state index in [0.717, 1.165) is 5.56 Å². The van der Waals surface area contributed by atoms with Crippen LogP contribution >= 0.6 is 23.2 Å². The molecular weight excluding hydrogens is 257 g/mol. The molecule has 0 amide bonds. The second-order valence-electron chi connectivity index (χ2n) is 3.92. The lowest BCUT2D eigenvalue weighted by atomic mass is 10.1. The van der Waals surface area contributed by atoms with E-state index in [1.54, 1.807) is 6.20 Å². The maximum atomic E-state index is 11.8. The fourth-order valence-electron chi connectivity index (χ4n) is 1.57. The first-order chi connectivity index (χ1) is 8.06. The van der Waals surface area contributed by atoms with E-state index in [4.69, 9.17) is 23.2 Å². The molecule has 17 heavy (non-hydrogen) atoms. The van der Waals surface area contributed by atoms with Crippen LogP contribution < -0.4 is 5.56 Å². The third-order valence-electron chi connectivity index (χ3n) is 2.48. The Morgan fingerprint density at radius 2 is 1.82 bits per heavy atom. The van der Waals surface area contributed by atoms with Gasteiger partial charge in [0, 0.05) is 6.20 Å². The van der Waals surface area contributed by atoms with Crippen molar-refractivity contribution in [2.24, 2.45) is 0 Å². The molecule has 0 saturated carbocycles. The number of aromatic nitrogens is 1. The monoisotopic (exact) mass is 267 g/mol. The number of halogens is 2. The van der Waals surface area contributed by atoms with Crippen LogP contribution in [0, 0.1) is 6.92 Å². The summed E-state index contributed by atoms with van der Waals surface area (Å²) in [5.74, 6) is 0. The molecule has 1 aromatic carbocycles. The highest BCUT2D eigenvalue weighted by Gasteiger charge is 2.04. The number of benzene rings is 1. The summed E-state index contributed by atoms with van der Waals surface area (Å²) in [5, 5.41) is 0.603. The van der Waals surface area contributed by atoms with Crippen molar-refractivity contribution in [1.29, 1.82) is 0 Å². The molecule has 0 fully saturated rings. The molecule has 2 nitrogen and oxygen atoms in total. The SMILES string of the molecule is Cc1ccc(Cn2cc(Cl)cc(Cl)c2=O)cc1. The van der Waals surface area contributed by atoms with Crippen molar-refractivity contribution in [1.82, 2.24) is 4.57 Å². The van der Waals surface area contributed by atoms with Gasteiger partial charge in [0.25, 0.3) is 5.56 Å². The van der Waals surface area contributed by atoms with Crippen LogP contribution in [0.3, 0.4) is 0 Å². The smallest absolute Gasteiger partial charge is 0.269 e. The van der Waals surface area contributed by atoms with Crippen LogP contribution in [-0.2, 0) is 6.54 Å². The minimum Gasteiger partial charge on any atom is -0.308 e. The third-order valence-corrected chi connectivity index (χ3v) is 2.96. The van der Waals surface area contributed by atoms with E-state index in [9.17, 15) is 4.79 Å². The standard InChI is InChI=1S/C13H11Cl2NO/c1-9-2-4-10(5-3-9)7-16-8-11(14)6-12(15)13(16)17/h2-6,8H,7H2,1H3. The summed E-state index contributed by atoms with van der Waals surface area (Å²) in [6, 6.07) is 9.43. The predicted octanol–water partition coefficient (Wildman–Crippen LogP) is 3.51. The molecule has 4 heteroatoms. The average Bonchev–Trinajstić information content (AvgIpc) is 2.28. The minimum atomic E-state index is -0.225. The molecular formula is C13H11Cl2NO. The summed E-state index contributed by atoms with van der Waals surface area (Å²) in [7, 11) is 0. The fraction of sp³-hybridized carbons (Fsp3) is 0.154. The Bertz CT molecular complexity index is 587. The normalized spacial score (nSPS) is 10.5. The van der Waals surface area contributed by atoms with Crippen LogP contribution in [0.25, 0.3) is 0 Å². The van der Waals surface area contributed by atoms with Crippen molar-refractivity contribution in [3.05, 3.63) is 68.1 Å². The van der Waals surface area contributed by atoms with E-state index < -0.39 is 0 Å². The van der Waals surface area contributed by atoms with Gasteiger partial charge in [-0.05, 0) is 18.6 Å². The molecule has 0 aliphatic carbocycles. The van der Waals surface area contributed by atoms with Gasteiger partial charge in [0.15, 0.2) is 0 Å². The number of hydrogen-bond donors (Lipinski definition) is 0. The first kappa shape index (κ1) is 12.2. The van der Waals surface area contributed by atoms with Crippen molar-refractivity contribution < 1.29 is 0 Å². The highest BCUT2D eigenvalue weighted by atomic mass is 35.5. The van der Waals surface area contributed by atoms with Gasteiger partial charge < -0.3 is 4.57 Å². The molecule has 1 aromatic heterocycles. The Labute approximate surface area is 109 Å². The molecule has 0 unspecified atom stereocenters. The molecule has 0 aliphatic heterocycles. The zero-order chi connectivity index (χ0) is 12.4. The largest absolute Gasteiger partial charge is 0.308 e. The topological polar surface area (TPSA) is 22.0 Å². The van der Waals surface area contributed by atoms with Gasteiger partial charge in [-0.25, -0.2) is 0 Å². The summed E-state index contributed by atoms with van der Waals surface area (Å²) in [6.45, 7) is 2.49. The summed E-state index contributed by atoms with van der Waals surface area (Å²) >= 11 is 11.7. The first-order valence-corrected chi connectivity index (χ1v) is 5.93. The average molecular weight is 268 g/mol. The van der Waals surface area contributed by atoms with E-state index in [0.29, 0.717) is 11.6 Å². The third kappa shape index (κ3) is 2.90. The van der Waals surface area contributed by atoms with Crippen LogP contribution in [0.4, 0.5) is 0 Å². The Kier molecular flexibility index (Phi) is 3.55. The Balaban J connectivity index is 2.36. The van der Waals surface area contributed by atoms with E-state index >= 15 is 0 Å². The van der Waals surface area contributed by atoms with Crippen LogP contribution in [0.2, 0.25) is 10.0 Å². The van der Waals surface area contributed by atoms with E-state index in [1.807, 2.05) is 31.2 Å². The van der Waals surface area contributed by atoms with Gasteiger partial charge in [-0.15, -0.1) is 0 Å². The maximum Gasteiger partial charge on any atom is 0.269 e. The van der Waals surface area contributed by atoms with Gasteiger partial charge in [0.2, 0.25) is 0 Å². The molecule has 2 rings (SSSR count). The molecule has 1 heterocycles. The maximum absolute atomic E-state index is 11.8. The Morgan fingerprint density at radius 1 is 1.18 bits per heavy atom. The van der Waals surface area contributed by atoms with Crippen LogP contribution in [0.1, 0.15) is 11.1 Å². The quantitative estimate of drug-likeness (QED) is 0.816. The van der Waals surface area contributed by atoms with Crippen LogP contribution in [0.15, 0.2) is 41.3 Å². The molecule has 0 bridgehead atoms. The lowest BCUT2D eigenvalue weighted by molar-refractivity contribution is 0.760. The molecule has 0 N–H and O–H groups in total. The summed E-state index contributed by atoms with van der Waals surface area (Å²) in [6.07, 6.45) is 1.59. The zero-order valence-electron chi connectivity index (χ0n) is 9.28. The highest BCUT2D eigenvalue weighted by Crippen LogP contribution is 2.12. The summed E-state index contributed by atoms with van der Waals surface area (Å²) in [4.78, 5) is 11.8. The summed E-state index contributed by atoms with van der Waals surface area (Å²) in [5.41, 5.74) is 2.00. The predicted molar refractivity (Wildman–Crippen MR) is 71.0 cm³/mol. The van der Waals surface area contributed by atoms with Crippen molar-refractivity contribution >= 4 is 23.2 Å².